The van der Waals surface area contributed by atoms with Crippen molar-refractivity contribution in [1.82, 2.24) is 19.7 Å². The molecule has 120 valence electrons. The van der Waals surface area contributed by atoms with Gasteiger partial charge in [-0.15, -0.1) is 0 Å². The van der Waals surface area contributed by atoms with E-state index >= 15 is 0 Å². The number of halogens is 2. The van der Waals surface area contributed by atoms with Crippen LogP contribution in [0.25, 0.3) is 11.4 Å². The molecule has 2 aromatic heterocycles. The van der Waals surface area contributed by atoms with Crippen LogP contribution in [0.1, 0.15) is 12.3 Å². The van der Waals surface area contributed by atoms with Crippen molar-refractivity contribution in [3.05, 3.63) is 54.4 Å². The monoisotopic (exact) mass is 336 g/mol. The fourth-order valence-corrected chi connectivity index (χ4v) is 2.76. The smallest absolute Gasteiger partial charge is 0.236 e. The highest BCUT2D eigenvalue weighted by atomic mass is 32.2. The first-order valence-corrected chi connectivity index (χ1v) is 8.19. The average Bonchev–Trinajstić information content (AvgIpc) is 3.21. The maximum atomic E-state index is 13.2. The summed E-state index contributed by atoms with van der Waals surface area (Å²) >= 11 is 1.68. The Labute approximate surface area is 135 Å². The van der Waals surface area contributed by atoms with Gasteiger partial charge in [0.1, 0.15) is 0 Å². The number of aromatic nitrogens is 4. The normalized spacial score (nSPS) is 11.0. The highest BCUT2D eigenvalue weighted by molar-refractivity contribution is 7.98. The number of imidazole rings is 1. The summed E-state index contributed by atoms with van der Waals surface area (Å²) in [4.78, 5) is 8.18. The van der Waals surface area contributed by atoms with E-state index in [2.05, 4.69) is 15.1 Å². The number of benzene rings is 1. The maximum absolute atomic E-state index is 13.2. The molecule has 3 rings (SSSR count). The van der Waals surface area contributed by atoms with E-state index in [0.717, 1.165) is 30.9 Å². The standard InChI is InChI=1S/C15H14F2N4OS/c16-12-3-2-11(8-13(12)17)15-19-14(22-20-15)9-23-7-1-5-21-6-4-18-10-21/h2-4,6,8,10H,1,5,7,9H2. The molecule has 0 amide bonds. The Bertz CT molecular complexity index is 761. The first-order chi connectivity index (χ1) is 11.2. The van der Waals surface area contributed by atoms with Crippen LogP contribution in [-0.4, -0.2) is 25.4 Å². The van der Waals surface area contributed by atoms with Gasteiger partial charge in [0.15, 0.2) is 11.6 Å². The van der Waals surface area contributed by atoms with E-state index < -0.39 is 11.6 Å². The quantitative estimate of drug-likeness (QED) is 0.618. The molecule has 0 aliphatic rings. The molecule has 2 heterocycles. The highest BCUT2D eigenvalue weighted by Gasteiger charge is 2.11. The second-order valence-corrected chi connectivity index (χ2v) is 5.95. The second kappa shape index (κ2) is 7.36. The van der Waals surface area contributed by atoms with Crippen molar-refractivity contribution < 1.29 is 13.3 Å². The van der Waals surface area contributed by atoms with E-state index in [1.807, 2.05) is 10.8 Å². The summed E-state index contributed by atoms with van der Waals surface area (Å²) < 4.78 is 33.3. The van der Waals surface area contributed by atoms with E-state index in [4.69, 9.17) is 4.52 Å². The van der Waals surface area contributed by atoms with Crippen molar-refractivity contribution in [2.24, 2.45) is 0 Å². The molecule has 0 unspecified atom stereocenters. The maximum Gasteiger partial charge on any atom is 0.236 e. The lowest BCUT2D eigenvalue weighted by Crippen LogP contribution is -1.95. The molecule has 5 nitrogen and oxygen atoms in total. The molecule has 23 heavy (non-hydrogen) atoms. The van der Waals surface area contributed by atoms with Gasteiger partial charge in [0.2, 0.25) is 11.7 Å². The Hall–Kier alpha value is -2.22. The first-order valence-electron chi connectivity index (χ1n) is 7.04. The minimum atomic E-state index is -0.928. The molecular formula is C15H14F2N4OS. The Morgan fingerprint density at radius 2 is 2.13 bits per heavy atom. The zero-order valence-electron chi connectivity index (χ0n) is 12.2. The van der Waals surface area contributed by atoms with Crippen molar-refractivity contribution in [2.75, 3.05) is 5.75 Å². The first kappa shape index (κ1) is 15.7. The lowest BCUT2D eigenvalue weighted by Gasteiger charge is -2.00. The van der Waals surface area contributed by atoms with Crippen LogP contribution in [0.2, 0.25) is 0 Å². The molecule has 0 bridgehead atoms. The van der Waals surface area contributed by atoms with Crippen molar-refractivity contribution in [3.8, 4) is 11.4 Å². The lowest BCUT2D eigenvalue weighted by atomic mass is 10.2. The molecule has 8 heteroatoms. The molecule has 0 atom stereocenters. The molecule has 0 fully saturated rings. The topological polar surface area (TPSA) is 56.7 Å². The van der Waals surface area contributed by atoms with Crippen molar-refractivity contribution in [2.45, 2.75) is 18.7 Å². The number of rotatable bonds is 7. The van der Waals surface area contributed by atoms with Crippen molar-refractivity contribution in [3.63, 3.8) is 0 Å². The SMILES string of the molecule is Fc1ccc(-c2noc(CSCCCn3ccnc3)n2)cc1F. The molecule has 0 saturated heterocycles. The third-order valence-electron chi connectivity index (χ3n) is 3.14. The lowest BCUT2D eigenvalue weighted by molar-refractivity contribution is 0.391. The highest BCUT2D eigenvalue weighted by Crippen LogP contribution is 2.20. The molecule has 0 aliphatic heterocycles. The Morgan fingerprint density at radius 1 is 1.22 bits per heavy atom. The summed E-state index contributed by atoms with van der Waals surface area (Å²) in [5.74, 6) is 0.436. The number of aryl methyl sites for hydroxylation is 1. The third-order valence-corrected chi connectivity index (χ3v) is 4.16. The van der Waals surface area contributed by atoms with Gasteiger partial charge in [0, 0.05) is 24.5 Å². The van der Waals surface area contributed by atoms with Crippen LogP contribution in [0.3, 0.4) is 0 Å². The van der Waals surface area contributed by atoms with Crippen LogP contribution in [-0.2, 0) is 12.3 Å². The number of hydrogen-bond donors (Lipinski definition) is 0. The van der Waals surface area contributed by atoms with Gasteiger partial charge < -0.3 is 9.09 Å². The molecule has 1 aromatic carbocycles. The second-order valence-electron chi connectivity index (χ2n) is 4.85. The van der Waals surface area contributed by atoms with Crippen LogP contribution in [0.4, 0.5) is 8.78 Å². The van der Waals surface area contributed by atoms with E-state index in [1.165, 1.54) is 6.07 Å². The fraction of sp³-hybridized carbons (Fsp3) is 0.267. The predicted molar refractivity (Wildman–Crippen MR) is 82.7 cm³/mol. The molecule has 0 N–H and O–H groups in total. The van der Waals surface area contributed by atoms with Gasteiger partial charge in [-0.3, -0.25) is 0 Å². The number of hydrogen-bond acceptors (Lipinski definition) is 5. The van der Waals surface area contributed by atoms with Crippen LogP contribution >= 0.6 is 11.8 Å². The number of nitrogens with zero attached hydrogens (tertiary/aromatic N) is 4. The van der Waals surface area contributed by atoms with Gasteiger partial charge in [-0.1, -0.05) is 5.16 Å². The molecule has 0 aliphatic carbocycles. The fourth-order valence-electron chi connectivity index (χ4n) is 1.99. The van der Waals surface area contributed by atoms with E-state index in [0.29, 0.717) is 17.2 Å². The van der Waals surface area contributed by atoms with Crippen LogP contribution in [0.5, 0.6) is 0 Å². The average molecular weight is 336 g/mol. The molecule has 0 saturated carbocycles. The minimum Gasteiger partial charge on any atom is -0.338 e. The Morgan fingerprint density at radius 3 is 2.91 bits per heavy atom. The van der Waals surface area contributed by atoms with Crippen LogP contribution in [0, 0.1) is 11.6 Å². The third kappa shape index (κ3) is 4.16. The van der Waals surface area contributed by atoms with Gasteiger partial charge in [0.25, 0.3) is 0 Å². The largest absolute Gasteiger partial charge is 0.338 e. The summed E-state index contributed by atoms with van der Waals surface area (Å²) in [6.07, 6.45) is 6.48. The summed E-state index contributed by atoms with van der Waals surface area (Å²) in [5, 5.41) is 3.80. The minimum absolute atomic E-state index is 0.262. The zero-order valence-corrected chi connectivity index (χ0v) is 13.0. The predicted octanol–water partition coefficient (Wildman–Crippen LogP) is 3.53. The summed E-state index contributed by atoms with van der Waals surface area (Å²) in [5.41, 5.74) is 0.393. The van der Waals surface area contributed by atoms with E-state index in [9.17, 15) is 8.78 Å². The van der Waals surface area contributed by atoms with Crippen molar-refractivity contribution in [1.29, 1.82) is 0 Å². The number of thioether (sulfide) groups is 1. The van der Waals surface area contributed by atoms with Gasteiger partial charge in [-0.2, -0.15) is 16.7 Å². The van der Waals surface area contributed by atoms with E-state index in [1.54, 1.807) is 24.3 Å². The zero-order chi connectivity index (χ0) is 16.1. The Kier molecular flexibility index (Phi) is 5.02. The van der Waals surface area contributed by atoms with E-state index in [-0.39, 0.29) is 5.82 Å². The van der Waals surface area contributed by atoms with Gasteiger partial charge in [-0.05, 0) is 30.4 Å². The van der Waals surface area contributed by atoms with Gasteiger partial charge in [-0.25, -0.2) is 13.8 Å². The molecule has 0 spiro atoms. The summed E-state index contributed by atoms with van der Waals surface area (Å²) in [7, 11) is 0. The van der Waals surface area contributed by atoms with Crippen molar-refractivity contribution >= 4 is 11.8 Å². The molecule has 3 aromatic rings. The van der Waals surface area contributed by atoms with Gasteiger partial charge in [0.05, 0.1) is 12.1 Å². The Balaban J connectivity index is 1.48. The molecular weight excluding hydrogens is 322 g/mol. The van der Waals surface area contributed by atoms with Gasteiger partial charge >= 0.3 is 0 Å². The summed E-state index contributed by atoms with van der Waals surface area (Å²) in [6, 6.07) is 3.53. The summed E-state index contributed by atoms with van der Waals surface area (Å²) in [6.45, 7) is 0.914. The van der Waals surface area contributed by atoms with Crippen LogP contribution in [0.15, 0.2) is 41.4 Å². The molecule has 0 radical (unpaired) electrons. The van der Waals surface area contributed by atoms with Crippen LogP contribution < -0.4 is 0 Å².